The molecule has 2 aliphatic carbocycles. The molecule has 0 amide bonds. The van der Waals surface area contributed by atoms with Crippen LogP contribution in [0.15, 0.2) is 23.3 Å². The van der Waals surface area contributed by atoms with Crippen molar-refractivity contribution in [3.05, 3.63) is 23.3 Å². The molecule has 0 saturated heterocycles. The fraction of sp³-hybridized carbons (Fsp3) is 0.727. The molecule has 0 aromatic carbocycles. The number of Topliss-reactive ketones (excluding diaryl/α,β-unsaturated/α-hetero) is 1. The van der Waals surface area contributed by atoms with E-state index in [1.54, 1.807) is 0 Å². The minimum absolute atomic E-state index is 0.309. The molecule has 3 unspecified atom stereocenters. The van der Waals surface area contributed by atoms with E-state index in [1.807, 2.05) is 6.08 Å². The Kier molecular flexibility index (Phi) is 7.45. The standard InChI is InChI=1S/C22H34O2/c1-16(2)7-9-19-12-20(15-22(24)14-19)11-17(3)8-10-18-5-4-6-21(23)13-18/h7,13,17,19-20H,4-6,8-12,14-15H2,1-3H3. The lowest BCUT2D eigenvalue weighted by Crippen LogP contribution is -2.24. The maximum absolute atomic E-state index is 12.1. The molecule has 2 aliphatic rings. The minimum Gasteiger partial charge on any atom is -0.300 e. The molecule has 0 aromatic rings. The van der Waals surface area contributed by atoms with Crippen LogP contribution in [-0.4, -0.2) is 11.6 Å². The summed E-state index contributed by atoms with van der Waals surface area (Å²) in [5.74, 6) is 2.54. The molecular weight excluding hydrogens is 296 g/mol. The number of ketones is 2. The topological polar surface area (TPSA) is 34.1 Å². The number of rotatable bonds is 7. The highest BCUT2D eigenvalue weighted by molar-refractivity contribution is 5.91. The Morgan fingerprint density at radius 1 is 1.21 bits per heavy atom. The smallest absolute Gasteiger partial charge is 0.155 e. The molecule has 0 bridgehead atoms. The lowest BCUT2D eigenvalue weighted by Gasteiger charge is -2.29. The third kappa shape index (κ3) is 6.75. The van der Waals surface area contributed by atoms with Crippen LogP contribution in [0.5, 0.6) is 0 Å². The molecule has 0 spiro atoms. The molecule has 134 valence electrons. The average molecular weight is 331 g/mol. The Balaban J connectivity index is 1.77. The van der Waals surface area contributed by atoms with Crippen LogP contribution >= 0.6 is 0 Å². The first-order valence-electron chi connectivity index (χ1n) is 9.79. The second-order valence-electron chi connectivity index (χ2n) is 8.43. The summed E-state index contributed by atoms with van der Waals surface area (Å²) in [5.41, 5.74) is 2.70. The number of allylic oxidation sites excluding steroid dienone is 4. The van der Waals surface area contributed by atoms with Crippen molar-refractivity contribution in [3.63, 3.8) is 0 Å². The van der Waals surface area contributed by atoms with Crippen LogP contribution in [0.3, 0.4) is 0 Å². The summed E-state index contributed by atoms with van der Waals surface area (Å²) in [6.45, 7) is 6.58. The fourth-order valence-electron chi connectivity index (χ4n) is 4.30. The van der Waals surface area contributed by atoms with Crippen LogP contribution in [0, 0.1) is 17.8 Å². The maximum Gasteiger partial charge on any atom is 0.155 e. The SMILES string of the molecule is CC(C)=CCC1CC(=O)CC(CC(C)CCC2=CC(=O)CCC2)C1. The molecule has 0 radical (unpaired) electrons. The van der Waals surface area contributed by atoms with E-state index in [1.165, 1.54) is 17.6 Å². The van der Waals surface area contributed by atoms with Crippen LogP contribution in [0.4, 0.5) is 0 Å². The van der Waals surface area contributed by atoms with Crippen molar-refractivity contribution < 1.29 is 9.59 Å². The maximum atomic E-state index is 12.1. The van der Waals surface area contributed by atoms with Gasteiger partial charge in [0.15, 0.2) is 5.78 Å². The van der Waals surface area contributed by atoms with Gasteiger partial charge in [-0.3, -0.25) is 9.59 Å². The van der Waals surface area contributed by atoms with Crippen LogP contribution in [0.25, 0.3) is 0 Å². The molecule has 1 fully saturated rings. The Morgan fingerprint density at radius 3 is 2.67 bits per heavy atom. The second-order valence-corrected chi connectivity index (χ2v) is 8.43. The van der Waals surface area contributed by atoms with E-state index < -0.39 is 0 Å². The van der Waals surface area contributed by atoms with Gasteiger partial charge in [0.25, 0.3) is 0 Å². The zero-order chi connectivity index (χ0) is 17.5. The van der Waals surface area contributed by atoms with Gasteiger partial charge in [0.05, 0.1) is 0 Å². The molecule has 1 saturated carbocycles. The molecule has 0 heterocycles. The van der Waals surface area contributed by atoms with Crippen molar-refractivity contribution in [3.8, 4) is 0 Å². The summed E-state index contributed by atoms with van der Waals surface area (Å²) in [4.78, 5) is 23.6. The normalized spacial score (nSPS) is 26.0. The van der Waals surface area contributed by atoms with Gasteiger partial charge in [0.1, 0.15) is 5.78 Å². The Bertz CT molecular complexity index is 508. The highest BCUT2D eigenvalue weighted by atomic mass is 16.1. The van der Waals surface area contributed by atoms with E-state index in [0.717, 1.165) is 57.8 Å². The van der Waals surface area contributed by atoms with Crippen LogP contribution in [0.2, 0.25) is 0 Å². The van der Waals surface area contributed by atoms with E-state index in [9.17, 15) is 9.59 Å². The van der Waals surface area contributed by atoms with E-state index in [4.69, 9.17) is 0 Å². The van der Waals surface area contributed by atoms with Crippen molar-refractivity contribution >= 4 is 11.6 Å². The Hall–Kier alpha value is -1.18. The summed E-state index contributed by atoms with van der Waals surface area (Å²) in [6.07, 6.45) is 14.3. The highest BCUT2D eigenvalue weighted by Crippen LogP contribution is 2.35. The zero-order valence-corrected chi connectivity index (χ0v) is 15.8. The van der Waals surface area contributed by atoms with E-state index in [2.05, 4.69) is 26.8 Å². The van der Waals surface area contributed by atoms with Crippen molar-refractivity contribution in [2.24, 2.45) is 17.8 Å². The first kappa shape index (κ1) is 19.1. The third-order valence-electron chi connectivity index (χ3n) is 5.54. The van der Waals surface area contributed by atoms with Crippen molar-refractivity contribution in [1.29, 1.82) is 0 Å². The van der Waals surface area contributed by atoms with Crippen LogP contribution in [-0.2, 0) is 9.59 Å². The third-order valence-corrected chi connectivity index (χ3v) is 5.54. The Labute approximate surface area is 147 Å². The summed E-state index contributed by atoms with van der Waals surface area (Å²) in [7, 11) is 0. The fourth-order valence-corrected chi connectivity index (χ4v) is 4.30. The summed E-state index contributed by atoms with van der Waals surface area (Å²) in [6, 6.07) is 0. The molecule has 2 rings (SSSR count). The lowest BCUT2D eigenvalue weighted by atomic mass is 9.75. The first-order chi connectivity index (χ1) is 11.4. The van der Waals surface area contributed by atoms with Gasteiger partial charge in [0.2, 0.25) is 0 Å². The van der Waals surface area contributed by atoms with E-state index in [-0.39, 0.29) is 0 Å². The Morgan fingerprint density at radius 2 is 1.96 bits per heavy atom. The summed E-state index contributed by atoms with van der Waals surface area (Å²) in [5, 5.41) is 0. The van der Waals surface area contributed by atoms with Crippen LogP contribution < -0.4 is 0 Å². The zero-order valence-electron chi connectivity index (χ0n) is 15.8. The van der Waals surface area contributed by atoms with Crippen LogP contribution in [0.1, 0.15) is 85.0 Å². The molecule has 2 nitrogen and oxygen atoms in total. The van der Waals surface area contributed by atoms with Crippen molar-refractivity contribution in [2.75, 3.05) is 0 Å². The van der Waals surface area contributed by atoms with Gasteiger partial charge in [-0.2, -0.15) is 0 Å². The molecule has 24 heavy (non-hydrogen) atoms. The number of hydrogen-bond donors (Lipinski definition) is 0. The predicted octanol–water partition coefficient (Wildman–Crippen LogP) is 5.81. The van der Waals surface area contributed by atoms with Gasteiger partial charge in [-0.1, -0.05) is 24.1 Å². The van der Waals surface area contributed by atoms with Gasteiger partial charge in [-0.25, -0.2) is 0 Å². The molecular formula is C22H34O2. The molecule has 0 N–H and O–H groups in total. The number of carbonyl (C=O) groups excluding carboxylic acids is 2. The number of carbonyl (C=O) groups is 2. The van der Waals surface area contributed by atoms with Crippen molar-refractivity contribution in [1.82, 2.24) is 0 Å². The molecule has 0 aromatic heterocycles. The lowest BCUT2D eigenvalue weighted by molar-refractivity contribution is -0.123. The van der Waals surface area contributed by atoms with Gasteiger partial charge >= 0.3 is 0 Å². The summed E-state index contributed by atoms with van der Waals surface area (Å²) < 4.78 is 0. The molecule has 0 aliphatic heterocycles. The second kappa shape index (κ2) is 9.34. The predicted molar refractivity (Wildman–Crippen MR) is 99.8 cm³/mol. The monoisotopic (exact) mass is 330 g/mol. The van der Waals surface area contributed by atoms with Gasteiger partial charge < -0.3 is 0 Å². The van der Waals surface area contributed by atoms with Crippen molar-refractivity contribution in [2.45, 2.75) is 85.0 Å². The van der Waals surface area contributed by atoms with Gasteiger partial charge in [-0.15, -0.1) is 0 Å². The highest BCUT2D eigenvalue weighted by Gasteiger charge is 2.27. The van der Waals surface area contributed by atoms with E-state index in [0.29, 0.717) is 29.3 Å². The quantitative estimate of drug-likeness (QED) is 0.552. The largest absolute Gasteiger partial charge is 0.300 e. The average Bonchev–Trinajstić information content (AvgIpc) is 2.50. The van der Waals surface area contributed by atoms with Gasteiger partial charge in [-0.05, 0) is 82.6 Å². The number of hydrogen-bond acceptors (Lipinski definition) is 2. The molecule has 2 heteroatoms. The molecule has 3 atom stereocenters. The minimum atomic E-state index is 0.309. The van der Waals surface area contributed by atoms with Gasteiger partial charge in [0, 0.05) is 19.3 Å². The van der Waals surface area contributed by atoms with E-state index >= 15 is 0 Å². The summed E-state index contributed by atoms with van der Waals surface area (Å²) >= 11 is 0. The first-order valence-corrected chi connectivity index (χ1v) is 9.79.